The fraction of sp³-hybridized carbons (Fsp3) is 0.370. The van der Waals surface area contributed by atoms with Crippen molar-refractivity contribution in [3.63, 3.8) is 0 Å². The summed E-state index contributed by atoms with van der Waals surface area (Å²) >= 11 is 0. The molecule has 3 aliphatic rings. The Hall–Kier alpha value is -5.79. The molecule has 0 bridgehead atoms. The van der Waals surface area contributed by atoms with Crippen LogP contribution in [0.2, 0.25) is 0 Å². The number of piperidine rings is 1. The molecule has 1 saturated heterocycles. The molecule has 3 aromatic carbocycles. The lowest BCUT2D eigenvalue weighted by Crippen LogP contribution is -2.37. The van der Waals surface area contributed by atoms with E-state index in [1.807, 2.05) is 23.5 Å². The van der Waals surface area contributed by atoms with Crippen molar-refractivity contribution in [3.05, 3.63) is 167 Å². The summed E-state index contributed by atoms with van der Waals surface area (Å²) in [4.78, 5) is 44.1. The molecule has 0 saturated carbocycles. The van der Waals surface area contributed by atoms with Gasteiger partial charge in [0.15, 0.2) is 5.58 Å². The first kappa shape index (κ1) is 41.4. The smallest absolute Gasteiger partial charge is 0.325 e. The highest BCUT2D eigenvalue weighted by Gasteiger charge is 2.26. The minimum Gasteiger partial charge on any atom is -0.356 e. The molecule has 9 rings (SSSR count). The second-order valence-corrected chi connectivity index (χ2v) is 15.3. The molecular formula is C46H51F2N7O4. The van der Waals surface area contributed by atoms with Gasteiger partial charge in [0, 0.05) is 54.3 Å². The Morgan fingerprint density at radius 2 is 1.63 bits per heavy atom. The Balaban J connectivity index is 0.000000156. The van der Waals surface area contributed by atoms with E-state index in [0.29, 0.717) is 17.7 Å². The van der Waals surface area contributed by atoms with Crippen LogP contribution in [0.4, 0.5) is 8.78 Å². The fourth-order valence-corrected chi connectivity index (χ4v) is 8.33. The van der Waals surface area contributed by atoms with Crippen LogP contribution in [-0.2, 0) is 32.2 Å². The quantitative estimate of drug-likeness (QED) is 0.153. The molecule has 6 aromatic rings. The zero-order valence-electron chi connectivity index (χ0n) is 33.7. The highest BCUT2D eigenvalue weighted by molar-refractivity contribution is 5.84. The number of benzene rings is 3. The summed E-state index contributed by atoms with van der Waals surface area (Å²) in [6.45, 7) is 6.58. The van der Waals surface area contributed by atoms with Crippen molar-refractivity contribution in [1.29, 1.82) is 0 Å². The van der Waals surface area contributed by atoms with Crippen LogP contribution in [0, 0.1) is 18.6 Å². The Bertz CT molecular complexity index is 2550. The monoisotopic (exact) mass is 803 g/mol. The van der Waals surface area contributed by atoms with Gasteiger partial charge in [-0.15, -0.1) is 0 Å². The second kappa shape index (κ2) is 19.3. The van der Waals surface area contributed by atoms with Gasteiger partial charge in [0.25, 0.3) is 11.1 Å². The van der Waals surface area contributed by atoms with Gasteiger partial charge in [0.1, 0.15) is 11.6 Å². The van der Waals surface area contributed by atoms with Gasteiger partial charge in [0.2, 0.25) is 5.82 Å². The minimum absolute atomic E-state index is 0.161. The number of likely N-dealkylation sites (tertiary alicyclic amines) is 1. The molecule has 0 spiro atoms. The van der Waals surface area contributed by atoms with Crippen molar-refractivity contribution in [2.75, 3.05) is 33.2 Å². The summed E-state index contributed by atoms with van der Waals surface area (Å²) in [6.07, 6.45) is 12.2. The zero-order valence-corrected chi connectivity index (χ0v) is 33.7. The summed E-state index contributed by atoms with van der Waals surface area (Å²) < 4.78 is 32.6. The predicted molar refractivity (Wildman–Crippen MR) is 226 cm³/mol. The molecule has 3 aromatic heterocycles. The molecule has 11 nitrogen and oxygen atoms in total. The first-order valence-corrected chi connectivity index (χ1v) is 20.5. The molecule has 1 aliphatic carbocycles. The summed E-state index contributed by atoms with van der Waals surface area (Å²) in [5.41, 5.74) is 8.84. The molecule has 0 radical (unpaired) electrons. The van der Waals surface area contributed by atoms with Crippen molar-refractivity contribution in [2.24, 2.45) is 0 Å². The molecule has 13 heteroatoms. The normalized spacial score (nSPS) is 15.2. The Morgan fingerprint density at radius 3 is 2.31 bits per heavy atom. The van der Waals surface area contributed by atoms with Crippen molar-refractivity contribution in [1.82, 2.24) is 34.9 Å². The molecule has 3 N–H and O–H groups in total. The molecule has 0 amide bonds. The van der Waals surface area contributed by atoms with Gasteiger partial charge in [-0.1, -0.05) is 59.8 Å². The molecular weight excluding hydrogens is 753 g/mol. The van der Waals surface area contributed by atoms with E-state index in [1.165, 1.54) is 40.0 Å². The average Bonchev–Trinajstić information content (AvgIpc) is 3.60. The van der Waals surface area contributed by atoms with E-state index >= 15 is 0 Å². The van der Waals surface area contributed by atoms with Gasteiger partial charge in [-0.3, -0.25) is 19.1 Å². The summed E-state index contributed by atoms with van der Waals surface area (Å²) in [7, 11) is 2.01. The largest absolute Gasteiger partial charge is 0.356 e. The molecule has 1 fully saturated rings. The van der Waals surface area contributed by atoms with E-state index in [9.17, 15) is 23.2 Å². The molecule has 0 unspecified atom stereocenters. The third-order valence-corrected chi connectivity index (χ3v) is 11.5. The van der Waals surface area contributed by atoms with Gasteiger partial charge in [0.05, 0.1) is 5.69 Å². The van der Waals surface area contributed by atoms with Crippen LogP contribution in [0.1, 0.15) is 83.1 Å². The van der Waals surface area contributed by atoms with Crippen molar-refractivity contribution in [3.8, 4) is 0 Å². The van der Waals surface area contributed by atoms with Crippen LogP contribution < -0.4 is 22.1 Å². The first-order valence-electron chi connectivity index (χ1n) is 20.5. The standard InChI is InChI=1S/C23H27FN4O2.C19H21N.C4H3FN2O2/c1-15-18(23(29)28-10-3-2-4-21(28)25-15)9-13-27-11-7-16(8-12-27)22-19-6-5-17(24)14-20(19)30-26-22;1-20-14-6-11-19-17-9-4-2-7-15(17)12-13-16-8-3-5-10-18(16)19;5-2-1-6-4(9)7-3(2)8/h5-6,14,16H,2-4,7-13H2,1H3;2-5,7-11,20H,6,12-14H2,1H3;1H,(H2,6,7,8,9). The maximum atomic E-state index is 13.4. The van der Waals surface area contributed by atoms with E-state index in [4.69, 9.17) is 9.51 Å². The highest BCUT2D eigenvalue weighted by Crippen LogP contribution is 2.34. The van der Waals surface area contributed by atoms with Crippen molar-refractivity contribution in [2.45, 2.75) is 77.2 Å². The Morgan fingerprint density at radius 1 is 0.915 bits per heavy atom. The number of fused-ring (bicyclic) bond motifs is 4. The van der Waals surface area contributed by atoms with Crippen LogP contribution >= 0.6 is 0 Å². The van der Waals surface area contributed by atoms with Gasteiger partial charge in [-0.25, -0.2) is 14.2 Å². The van der Waals surface area contributed by atoms with Crippen LogP contribution in [0.5, 0.6) is 0 Å². The zero-order chi connectivity index (χ0) is 41.3. The van der Waals surface area contributed by atoms with Gasteiger partial charge in [-0.2, -0.15) is 4.39 Å². The van der Waals surface area contributed by atoms with Crippen LogP contribution in [0.25, 0.3) is 16.5 Å². The second-order valence-electron chi connectivity index (χ2n) is 15.3. The number of nitrogens with one attached hydrogen (secondary N) is 3. The van der Waals surface area contributed by atoms with Crippen LogP contribution in [-0.4, -0.2) is 62.8 Å². The summed E-state index contributed by atoms with van der Waals surface area (Å²) in [6, 6.07) is 22.3. The number of H-pyrrole nitrogens is 2. The summed E-state index contributed by atoms with van der Waals surface area (Å²) in [5, 5.41) is 8.37. The number of hydrogen-bond acceptors (Lipinski definition) is 8. The van der Waals surface area contributed by atoms with Gasteiger partial charge in [-0.05, 0) is 125 Å². The number of aromatic nitrogens is 5. The highest BCUT2D eigenvalue weighted by atomic mass is 19.1. The maximum absolute atomic E-state index is 13.4. The number of nitrogens with zero attached hydrogens (tertiary/aromatic N) is 4. The van der Waals surface area contributed by atoms with E-state index < -0.39 is 17.1 Å². The van der Waals surface area contributed by atoms with E-state index in [0.717, 1.165) is 119 Å². The van der Waals surface area contributed by atoms with E-state index in [1.54, 1.807) is 11.1 Å². The molecule has 5 heterocycles. The summed E-state index contributed by atoms with van der Waals surface area (Å²) in [5.74, 6) is -0.0174. The fourth-order valence-electron chi connectivity index (χ4n) is 8.33. The van der Waals surface area contributed by atoms with Gasteiger partial charge >= 0.3 is 5.69 Å². The average molecular weight is 804 g/mol. The lowest BCUT2D eigenvalue weighted by molar-refractivity contribution is 0.211. The third kappa shape index (κ3) is 9.92. The van der Waals surface area contributed by atoms with Crippen LogP contribution in [0.15, 0.2) is 97.9 Å². The Labute approximate surface area is 341 Å². The maximum Gasteiger partial charge on any atom is 0.325 e. The van der Waals surface area contributed by atoms with Crippen molar-refractivity contribution >= 4 is 16.5 Å². The molecule has 0 atom stereocenters. The SMILES string of the molecule is CNCCC=C1c2ccccc2CCc2ccccc21.Cc1nc2n(c(=O)c1CCN1CCC(c3noc4cc(F)ccc34)CC1)CCCC2.O=c1[nH]cc(F)c(=O)[nH]1. The van der Waals surface area contributed by atoms with E-state index in [-0.39, 0.29) is 11.4 Å². The lowest BCUT2D eigenvalue weighted by atomic mass is 9.91. The number of aryl methyl sites for hydroxylation is 4. The van der Waals surface area contributed by atoms with E-state index in [2.05, 4.69) is 70.0 Å². The lowest BCUT2D eigenvalue weighted by Gasteiger charge is -2.31. The number of rotatable bonds is 7. The molecule has 308 valence electrons. The molecule has 59 heavy (non-hydrogen) atoms. The Kier molecular flexibility index (Phi) is 13.5. The molecule has 2 aliphatic heterocycles. The number of hydrogen-bond donors (Lipinski definition) is 3. The van der Waals surface area contributed by atoms with Crippen molar-refractivity contribution < 1.29 is 13.3 Å². The van der Waals surface area contributed by atoms with Gasteiger partial charge < -0.3 is 19.7 Å². The number of aromatic amines is 2. The predicted octanol–water partition coefficient (Wildman–Crippen LogP) is 6.62. The number of halogens is 2. The van der Waals surface area contributed by atoms with Crippen LogP contribution in [0.3, 0.4) is 0 Å². The topological polar surface area (TPSA) is 142 Å². The minimum atomic E-state index is -1.00. The third-order valence-electron chi connectivity index (χ3n) is 11.5. The first-order chi connectivity index (χ1) is 28.7.